The SMILES string of the molecule is CCCCOc1ccc(-c2n[nH]c3cc(Br)ccc23)c(F)c1. The molecule has 3 rings (SSSR count). The van der Waals surface area contributed by atoms with Gasteiger partial charge in [-0.2, -0.15) is 5.10 Å². The molecular weight excluding hydrogens is 347 g/mol. The lowest BCUT2D eigenvalue weighted by molar-refractivity contribution is 0.308. The summed E-state index contributed by atoms with van der Waals surface area (Å²) in [6.07, 6.45) is 2.01. The zero-order valence-electron chi connectivity index (χ0n) is 12.2. The maximum Gasteiger partial charge on any atom is 0.136 e. The summed E-state index contributed by atoms with van der Waals surface area (Å²) >= 11 is 3.41. The molecule has 0 atom stereocenters. The summed E-state index contributed by atoms with van der Waals surface area (Å²) in [6.45, 7) is 2.70. The highest BCUT2D eigenvalue weighted by atomic mass is 79.9. The molecule has 0 fully saturated rings. The van der Waals surface area contributed by atoms with Gasteiger partial charge in [0, 0.05) is 21.5 Å². The van der Waals surface area contributed by atoms with Crippen LogP contribution in [0.4, 0.5) is 4.39 Å². The maximum atomic E-state index is 14.4. The Bertz CT molecular complexity index is 800. The molecular formula is C17H16BrFN2O. The molecule has 5 heteroatoms. The van der Waals surface area contributed by atoms with Gasteiger partial charge >= 0.3 is 0 Å². The average molecular weight is 363 g/mol. The number of fused-ring (bicyclic) bond motifs is 1. The number of nitrogens with one attached hydrogen (secondary N) is 1. The first-order valence-electron chi connectivity index (χ1n) is 7.25. The zero-order valence-corrected chi connectivity index (χ0v) is 13.8. The van der Waals surface area contributed by atoms with Crippen LogP contribution in [0.5, 0.6) is 5.75 Å². The van der Waals surface area contributed by atoms with Crippen LogP contribution >= 0.6 is 15.9 Å². The van der Waals surface area contributed by atoms with E-state index >= 15 is 0 Å². The van der Waals surface area contributed by atoms with Crippen molar-refractivity contribution in [2.45, 2.75) is 19.8 Å². The van der Waals surface area contributed by atoms with Crippen molar-refractivity contribution in [3.05, 3.63) is 46.7 Å². The second-order valence-corrected chi connectivity index (χ2v) is 6.02. The number of hydrogen-bond acceptors (Lipinski definition) is 2. The summed E-state index contributed by atoms with van der Waals surface area (Å²) in [5.74, 6) is 0.225. The van der Waals surface area contributed by atoms with E-state index in [1.54, 1.807) is 12.1 Å². The van der Waals surface area contributed by atoms with Gasteiger partial charge in [0.1, 0.15) is 17.3 Å². The standard InChI is InChI=1S/C17H16BrFN2O/c1-2-3-8-22-12-5-7-13(15(19)10-12)17-14-6-4-11(18)9-16(14)20-21-17/h4-7,9-10H,2-3,8H2,1H3,(H,20,21). The van der Waals surface area contributed by atoms with Gasteiger partial charge in [-0.1, -0.05) is 29.3 Å². The molecule has 0 aliphatic rings. The Labute approximate surface area is 136 Å². The first kappa shape index (κ1) is 15.0. The van der Waals surface area contributed by atoms with Crippen LogP contribution < -0.4 is 4.74 Å². The third-order valence-corrected chi connectivity index (χ3v) is 3.98. The fourth-order valence-electron chi connectivity index (χ4n) is 2.31. The summed E-state index contributed by atoms with van der Waals surface area (Å²) < 4.78 is 20.9. The van der Waals surface area contributed by atoms with Crippen molar-refractivity contribution in [3.8, 4) is 17.0 Å². The summed E-state index contributed by atoms with van der Waals surface area (Å²) in [4.78, 5) is 0. The van der Waals surface area contributed by atoms with Crippen molar-refractivity contribution in [1.29, 1.82) is 0 Å². The molecule has 0 radical (unpaired) electrons. The molecule has 3 aromatic rings. The van der Waals surface area contributed by atoms with Crippen molar-refractivity contribution in [3.63, 3.8) is 0 Å². The predicted molar refractivity (Wildman–Crippen MR) is 89.6 cm³/mol. The number of unbranched alkanes of at least 4 members (excludes halogenated alkanes) is 1. The summed E-state index contributed by atoms with van der Waals surface area (Å²) in [5, 5.41) is 8.07. The smallest absolute Gasteiger partial charge is 0.136 e. The molecule has 114 valence electrons. The number of nitrogens with zero attached hydrogens (tertiary/aromatic N) is 1. The van der Waals surface area contributed by atoms with E-state index < -0.39 is 0 Å². The number of benzene rings is 2. The largest absolute Gasteiger partial charge is 0.493 e. The van der Waals surface area contributed by atoms with Crippen LogP contribution in [0, 0.1) is 5.82 Å². The van der Waals surface area contributed by atoms with Crippen molar-refractivity contribution in [2.75, 3.05) is 6.61 Å². The number of aromatic nitrogens is 2. The summed E-state index contributed by atoms with van der Waals surface area (Å²) in [7, 11) is 0. The minimum Gasteiger partial charge on any atom is -0.493 e. The maximum absolute atomic E-state index is 14.4. The number of rotatable bonds is 5. The van der Waals surface area contributed by atoms with Gasteiger partial charge in [0.2, 0.25) is 0 Å². The second kappa shape index (κ2) is 6.48. The van der Waals surface area contributed by atoms with Crippen LogP contribution in [0.15, 0.2) is 40.9 Å². The van der Waals surface area contributed by atoms with Crippen LogP contribution in [0.25, 0.3) is 22.2 Å². The zero-order chi connectivity index (χ0) is 15.5. The molecule has 0 bridgehead atoms. The van der Waals surface area contributed by atoms with Gasteiger partial charge in [0.15, 0.2) is 0 Å². The summed E-state index contributed by atoms with van der Waals surface area (Å²) in [6, 6.07) is 10.7. The van der Waals surface area contributed by atoms with Gasteiger partial charge in [-0.3, -0.25) is 5.10 Å². The molecule has 1 heterocycles. The normalized spacial score (nSPS) is 11.0. The van der Waals surface area contributed by atoms with E-state index in [9.17, 15) is 4.39 Å². The first-order chi connectivity index (χ1) is 10.7. The number of H-pyrrole nitrogens is 1. The fraction of sp³-hybridized carbons (Fsp3) is 0.235. The molecule has 1 N–H and O–H groups in total. The molecule has 0 aliphatic heterocycles. The van der Waals surface area contributed by atoms with Crippen LogP contribution in [0.3, 0.4) is 0 Å². The molecule has 0 aliphatic carbocycles. The minimum atomic E-state index is -0.328. The number of ether oxygens (including phenoxy) is 1. The second-order valence-electron chi connectivity index (χ2n) is 5.11. The third kappa shape index (κ3) is 2.99. The molecule has 3 nitrogen and oxygen atoms in total. The van der Waals surface area contributed by atoms with Gasteiger partial charge in [-0.15, -0.1) is 0 Å². The third-order valence-electron chi connectivity index (χ3n) is 3.49. The van der Waals surface area contributed by atoms with Crippen molar-refractivity contribution in [1.82, 2.24) is 10.2 Å². The van der Waals surface area contributed by atoms with E-state index in [2.05, 4.69) is 33.1 Å². The lowest BCUT2D eigenvalue weighted by Crippen LogP contribution is -1.97. The highest BCUT2D eigenvalue weighted by molar-refractivity contribution is 9.10. The highest BCUT2D eigenvalue weighted by Gasteiger charge is 2.13. The van der Waals surface area contributed by atoms with Gasteiger partial charge in [-0.05, 0) is 36.8 Å². The molecule has 0 saturated heterocycles. The minimum absolute atomic E-state index is 0.328. The topological polar surface area (TPSA) is 37.9 Å². The van der Waals surface area contributed by atoms with Gasteiger partial charge in [-0.25, -0.2) is 4.39 Å². The quantitative estimate of drug-likeness (QED) is 0.624. The Balaban J connectivity index is 1.93. The van der Waals surface area contributed by atoms with E-state index in [4.69, 9.17) is 4.74 Å². The van der Waals surface area contributed by atoms with Crippen LogP contribution in [-0.4, -0.2) is 16.8 Å². The highest BCUT2D eigenvalue weighted by Crippen LogP contribution is 2.31. The number of halogens is 2. The summed E-state index contributed by atoms with van der Waals surface area (Å²) in [5.41, 5.74) is 1.95. The van der Waals surface area contributed by atoms with Crippen LogP contribution in [-0.2, 0) is 0 Å². The van der Waals surface area contributed by atoms with Crippen LogP contribution in [0.2, 0.25) is 0 Å². The van der Waals surface area contributed by atoms with Crippen LogP contribution in [0.1, 0.15) is 19.8 Å². The van der Waals surface area contributed by atoms with E-state index in [1.807, 2.05) is 18.2 Å². The number of aromatic amines is 1. The van der Waals surface area contributed by atoms with Gasteiger partial charge < -0.3 is 4.74 Å². The number of hydrogen-bond donors (Lipinski definition) is 1. The monoisotopic (exact) mass is 362 g/mol. The van der Waals surface area contributed by atoms with Crippen molar-refractivity contribution < 1.29 is 9.13 Å². The lowest BCUT2D eigenvalue weighted by Gasteiger charge is -2.07. The molecule has 0 saturated carbocycles. The first-order valence-corrected chi connectivity index (χ1v) is 8.04. The van der Waals surface area contributed by atoms with E-state index in [0.29, 0.717) is 23.6 Å². The van der Waals surface area contributed by atoms with Gasteiger partial charge in [0.25, 0.3) is 0 Å². The Morgan fingerprint density at radius 3 is 2.86 bits per heavy atom. The van der Waals surface area contributed by atoms with E-state index in [0.717, 1.165) is 28.2 Å². The molecule has 0 unspecified atom stereocenters. The van der Waals surface area contributed by atoms with Crippen molar-refractivity contribution >= 4 is 26.8 Å². The van der Waals surface area contributed by atoms with Crippen molar-refractivity contribution in [2.24, 2.45) is 0 Å². The lowest BCUT2D eigenvalue weighted by atomic mass is 10.1. The van der Waals surface area contributed by atoms with E-state index in [-0.39, 0.29) is 5.82 Å². The Morgan fingerprint density at radius 1 is 1.23 bits per heavy atom. The Hall–Kier alpha value is -1.88. The molecule has 2 aromatic carbocycles. The molecule has 1 aromatic heterocycles. The Kier molecular flexibility index (Phi) is 4.43. The Morgan fingerprint density at radius 2 is 2.09 bits per heavy atom. The molecule has 0 amide bonds. The van der Waals surface area contributed by atoms with Gasteiger partial charge in [0.05, 0.1) is 12.1 Å². The molecule has 0 spiro atoms. The average Bonchev–Trinajstić information content (AvgIpc) is 2.90. The van der Waals surface area contributed by atoms with E-state index in [1.165, 1.54) is 6.07 Å². The fourth-order valence-corrected chi connectivity index (χ4v) is 2.67. The predicted octanol–water partition coefficient (Wildman–Crippen LogP) is 5.31. The molecule has 22 heavy (non-hydrogen) atoms.